The Balaban J connectivity index is 3.74. The van der Waals surface area contributed by atoms with Crippen molar-refractivity contribution in [2.75, 3.05) is 13.7 Å². The molecule has 0 heterocycles. The van der Waals surface area contributed by atoms with Crippen LogP contribution >= 0.6 is 0 Å². The summed E-state index contributed by atoms with van der Waals surface area (Å²) in [5, 5.41) is 3.55. The number of hydrogen-bond acceptors (Lipinski definition) is 2. The fourth-order valence-electron chi connectivity index (χ4n) is 2.26. The van der Waals surface area contributed by atoms with Gasteiger partial charge in [-0.1, -0.05) is 52.9 Å². The molecule has 16 heavy (non-hydrogen) atoms. The number of nitrogens with one attached hydrogen (secondary N) is 1. The molecule has 2 nitrogen and oxygen atoms in total. The van der Waals surface area contributed by atoms with Crippen LogP contribution in [0.4, 0.5) is 0 Å². The van der Waals surface area contributed by atoms with Crippen LogP contribution in [0, 0.1) is 0 Å². The molecular formula is C14H31NO. The molecule has 1 N–H and O–H groups in total. The Labute approximate surface area is 102 Å². The van der Waals surface area contributed by atoms with E-state index in [0.29, 0.717) is 12.1 Å². The predicted octanol–water partition coefficient (Wildman–Crippen LogP) is 3.75. The van der Waals surface area contributed by atoms with E-state index in [1.165, 1.54) is 38.5 Å². The first-order valence-corrected chi connectivity index (χ1v) is 7.06. The van der Waals surface area contributed by atoms with Gasteiger partial charge in [0.05, 0.1) is 6.10 Å². The minimum absolute atomic E-state index is 0.381. The zero-order chi connectivity index (χ0) is 12.2. The third-order valence-electron chi connectivity index (χ3n) is 3.24. The summed E-state index contributed by atoms with van der Waals surface area (Å²) in [6.07, 6.45) is 9.53. The van der Waals surface area contributed by atoms with Crippen LogP contribution in [0.15, 0.2) is 0 Å². The predicted molar refractivity (Wildman–Crippen MR) is 71.9 cm³/mol. The molecule has 2 atom stereocenters. The number of rotatable bonds is 11. The van der Waals surface area contributed by atoms with Gasteiger partial charge in [0, 0.05) is 13.2 Å². The summed E-state index contributed by atoms with van der Waals surface area (Å²) in [6.45, 7) is 7.68. The van der Waals surface area contributed by atoms with Crippen LogP contribution in [-0.4, -0.2) is 25.8 Å². The van der Waals surface area contributed by atoms with Crippen molar-refractivity contribution >= 4 is 0 Å². The molecule has 0 rings (SSSR count). The molecule has 98 valence electrons. The standard InChI is InChI=1S/C14H31NO/c1-5-8-9-10-11-12-13(15-7-3)14(6-2)16-4/h13-15H,5-12H2,1-4H3. The van der Waals surface area contributed by atoms with Gasteiger partial charge in [0.25, 0.3) is 0 Å². The topological polar surface area (TPSA) is 21.3 Å². The van der Waals surface area contributed by atoms with Gasteiger partial charge >= 0.3 is 0 Å². The quantitative estimate of drug-likeness (QED) is 0.545. The summed E-state index contributed by atoms with van der Waals surface area (Å²) in [5.74, 6) is 0. The molecule has 0 aliphatic heterocycles. The molecular weight excluding hydrogens is 198 g/mol. The van der Waals surface area contributed by atoms with E-state index in [0.717, 1.165) is 13.0 Å². The molecule has 0 fully saturated rings. The van der Waals surface area contributed by atoms with Crippen molar-refractivity contribution in [2.45, 2.75) is 77.9 Å². The number of hydrogen-bond donors (Lipinski definition) is 1. The lowest BCUT2D eigenvalue weighted by Gasteiger charge is -2.25. The monoisotopic (exact) mass is 229 g/mol. The first-order chi connectivity index (χ1) is 7.79. The Morgan fingerprint density at radius 3 is 2.19 bits per heavy atom. The van der Waals surface area contributed by atoms with Crippen molar-refractivity contribution in [3.8, 4) is 0 Å². The molecule has 0 aliphatic carbocycles. The SMILES string of the molecule is CCCCCCCC(NCC)C(CC)OC. The van der Waals surface area contributed by atoms with Gasteiger partial charge in [-0.25, -0.2) is 0 Å². The largest absolute Gasteiger partial charge is 0.380 e. The van der Waals surface area contributed by atoms with E-state index in [4.69, 9.17) is 4.74 Å². The molecule has 2 heteroatoms. The van der Waals surface area contributed by atoms with Gasteiger partial charge in [0.1, 0.15) is 0 Å². The van der Waals surface area contributed by atoms with Gasteiger partial charge in [0.15, 0.2) is 0 Å². The smallest absolute Gasteiger partial charge is 0.0721 e. The molecule has 0 aliphatic rings. The summed E-state index contributed by atoms with van der Waals surface area (Å²) in [6, 6.07) is 0.543. The van der Waals surface area contributed by atoms with Crippen molar-refractivity contribution in [1.29, 1.82) is 0 Å². The van der Waals surface area contributed by atoms with Crippen LogP contribution in [0.3, 0.4) is 0 Å². The van der Waals surface area contributed by atoms with Gasteiger partial charge in [0.2, 0.25) is 0 Å². The molecule has 0 aromatic carbocycles. The summed E-state index contributed by atoms with van der Waals surface area (Å²) in [7, 11) is 1.83. The van der Waals surface area contributed by atoms with E-state index in [1.54, 1.807) is 0 Å². The molecule has 0 spiro atoms. The molecule has 0 saturated heterocycles. The fourth-order valence-corrected chi connectivity index (χ4v) is 2.26. The van der Waals surface area contributed by atoms with E-state index in [9.17, 15) is 0 Å². The zero-order valence-corrected chi connectivity index (χ0v) is 11.7. The molecule has 2 unspecified atom stereocenters. The van der Waals surface area contributed by atoms with Crippen molar-refractivity contribution in [2.24, 2.45) is 0 Å². The first-order valence-electron chi connectivity index (χ1n) is 7.06. The number of ether oxygens (including phenoxy) is 1. The second kappa shape index (κ2) is 11.4. The van der Waals surface area contributed by atoms with E-state index in [1.807, 2.05) is 7.11 Å². The Morgan fingerprint density at radius 1 is 1.00 bits per heavy atom. The summed E-state index contributed by atoms with van der Waals surface area (Å²) in [5.41, 5.74) is 0. The van der Waals surface area contributed by atoms with E-state index in [2.05, 4.69) is 26.1 Å². The van der Waals surface area contributed by atoms with Crippen LogP contribution in [0.1, 0.15) is 65.7 Å². The Kier molecular flexibility index (Phi) is 11.3. The minimum Gasteiger partial charge on any atom is -0.380 e. The third kappa shape index (κ3) is 7.24. The van der Waals surface area contributed by atoms with Gasteiger partial charge in [-0.2, -0.15) is 0 Å². The second-order valence-electron chi connectivity index (χ2n) is 4.55. The maximum atomic E-state index is 5.53. The number of likely N-dealkylation sites (N-methyl/N-ethyl adjacent to an activating group) is 1. The normalized spacial score (nSPS) is 15.0. The van der Waals surface area contributed by atoms with E-state index >= 15 is 0 Å². The Bertz CT molecular complexity index is 135. The highest BCUT2D eigenvalue weighted by molar-refractivity contribution is 4.75. The average Bonchev–Trinajstić information content (AvgIpc) is 2.30. The highest BCUT2D eigenvalue weighted by atomic mass is 16.5. The van der Waals surface area contributed by atoms with Gasteiger partial charge < -0.3 is 10.1 Å². The maximum absolute atomic E-state index is 5.53. The van der Waals surface area contributed by atoms with Crippen LogP contribution < -0.4 is 5.32 Å². The van der Waals surface area contributed by atoms with Crippen LogP contribution in [0.25, 0.3) is 0 Å². The summed E-state index contributed by atoms with van der Waals surface area (Å²) < 4.78 is 5.53. The fraction of sp³-hybridized carbons (Fsp3) is 1.00. The summed E-state index contributed by atoms with van der Waals surface area (Å²) >= 11 is 0. The number of methoxy groups -OCH3 is 1. The highest BCUT2D eigenvalue weighted by Gasteiger charge is 2.17. The number of unbranched alkanes of at least 4 members (excludes halogenated alkanes) is 4. The molecule has 0 aromatic heterocycles. The average molecular weight is 229 g/mol. The van der Waals surface area contributed by atoms with Crippen molar-refractivity contribution in [3.05, 3.63) is 0 Å². The second-order valence-corrected chi connectivity index (χ2v) is 4.55. The first kappa shape index (κ1) is 15.9. The van der Waals surface area contributed by atoms with Gasteiger partial charge in [-0.3, -0.25) is 0 Å². The van der Waals surface area contributed by atoms with Gasteiger partial charge in [-0.15, -0.1) is 0 Å². The Morgan fingerprint density at radius 2 is 1.69 bits per heavy atom. The van der Waals surface area contributed by atoms with Crippen LogP contribution in [0.5, 0.6) is 0 Å². The minimum atomic E-state index is 0.381. The summed E-state index contributed by atoms with van der Waals surface area (Å²) in [4.78, 5) is 0. The molecule has 0 radical (unpaired) electrons. The lowest BCUT2D eigenvalue weighted by Crippen LogP contribution is -2.40. The van der Waals surface area contributed by atoms with Crippen molar-refractivity contribution in [3.63, 3.8) is 0 Å². The van der Waals surface area contributed by atoms with E-state index < -0.39 is 0 Å². The lowest BCUT2D eigenvalue weighted by molar-refractivity contribution is 0.0621. The van der Waals surface area contributed by atoms with Crippen molar-refractivity contribution < 1.29 is 4.74 Å². The molecule has 0 bridgehead atoms. The van der Waals surface area contributed by atoms with Crippen molar-refractivity contribution in [1.82, 2.24) is 5.32 Å². The van der Waals surface area contributed by atoms with E-state index in [-0.39, 0.29) is 0 Å². The maximum Gasteiger partial charge on any atom is 0.0721 e. The zero-order valence-electron chi connectivity index (χ0n) is 11.7. The third-order valence-corrected chi connectivity index (χ3v) is 3.24. The molecule has 0 amide bonds. The van der Waals surface area contributed by atoms with Gasteiger partial charge in [-0.05, 0) is 19.4 Å². The van der Waals surface area contributed by atoms with Crippen LogP contribution in [0.2, 0.25) is 0 Å². The van der Waals surface area contributed by atoms with Crippen LogP contribution in [-0.2, 0) is 4.74 Å². The molecule has 0 aromatic rings. The Hall–Kier alpha value is -0.0800. The molecule has 0 saturated carbocycles. The lowest BCUT2D eigenvalue weighted by atomic mass is 10.0. The highest BCUT2D eigenvalue weighted by Crippen LogP contribution is 2.13.